The third kappa shape index (κ3) is 4.14. The van der Waals surface area contributed by atoms with Crippen LogP contribution in [-0.4, -0.2) is 9.13 Å². The lowest BCUT2D eigenvalue weighted by Gasteiger charge is -2.16. The van der Waals surface area contributed by atoms with Crippen LogP contribution in [-0.2, 0) is 0 Å². The number of fused-ring (bicyclic) bond motifs is 6. The fourth-order valence-corrected chi connectivity index (χ4v) is 7.28. The van der Waals surface area contributed by atoms with E-state index in [0.29, 0.717) is 11.1 Å². The molecular weight excluding hydrogens is 585 g/mol. The summed E-state index contributed by atoms with van der Waals surface area (Å²) >= 11 is 0. The fraction of sp³-hybridized carbons (Fsp3) is 0. The van der Waals surface area contributed by atoms with Gasteiger partial charge in [0.15, 0.2) is 0 Å². The van der Waals surface area contributed by atoms with Crippen molar-refractivity contribution in [1.82, 2.24) is 9.13 Å². The zero-order valence-electron chi connectivity index (χ0n) is 25.8. The molecule has 0 unspecified atom stereocenters. The van der Waals surface area contributed by atoms with Gasteiger partial charge in [0.25, 0.3) is 0 Å². The van der Waals surface area contributed by atoms with E-state index in [4.69, 9.17) is 0 Å². The molecule has 48 heavy (non-hydrogen) atoms. The molecule has 0 atom stereocenters. The van der Waals surface area contributed by atoms with Gasteiger partial charge in [0.05, 0.1) is 51.0 Å². The number of para-hydroxylation sites is 3. The summed E-state index contributed by atoms with van der Waals surface area (Å²) in [6.07, 6.45) is 0. The van der Waals surface area contributed by atoms with Crippen LogP contribution in [0.1, 0.15) is 11.1 Å². The van der Waals surface area contributed by atoms with E-state index < -0.39 is 0 Å². The highest BCUT2D eigenvalue weighted by molar-refractivity contribution is 6.11. The predicted molar refractivity (Wildman–Crippen MR) is 195 cm³/mol. The average Bonchev–Trinajstić information content (AvgIpc) is 3.67. The molecule has 2 aromatic heterocycles. The Morgan fingerprint density at radius 1 is 0.396 bits per heavy atom. The van der Waals surface area contributed by atoms with Crippen LogP contribution in [0, 0.1) is 22.7 Å². The van der Waals surface area contributed by atoms with Crippen molar-refractivity contribution in [2.24, 2.45) is 0 Å². The van der Waals surface area contributed by atoms with E-state index in [1.807, 2.05) is 42.5 Å². The molecule has 222 valence electrons. The average molecular weight is 611 g/mol. The first-order valence-electron chi connectivity index (χ1n) is 15.9. The Morgan fingerprint density at radius 2 is 0.979 bits per heavy atom. The molecule has 0 aliphatic rings. The number of hydrogen-bond acceptors (Lipinski definition) is 2. The third-order valence-electron chi connectivity index (χ3n) is 9.40. The molecule has 4 heteroatoms. The quantitative estimate of drug-likeness (QED) is 0.199. The highest BCUT2D eigenvalue weighted by atomic mass is 15.0. The number of rotatable bonds is 4. The number of nitriles is 2. The van der Waals surface area contributed by atoms with E-state index in [0.717, 1.165) is 55.4 Å². The van der Waals surface area contributed by atoms with Crippen LogP contribution in [0.25, 0.3) is 77.2 Å². The second-order valence-corrected chi connectivity index (χ2v) is 12.0. The summed E-state index contributed by atoms with van der Waals surface area (Å²) in [6, 6.07) is 58.9. The first kappa shape index (κ1) is 27.4. The third-order valence-corrected chi connectivity index (χ3v) is 9.40. The first-order chi connectivity index (χ1) is 23.7. The van der Waals surface area contributed by atoms with Crippen molar-refractivity contribution < 1.29 is 0 Å². The molecule has 9 rings (SSSR count). The molecule has 7 aromatic carbocycles. The van der Waals surface area contributed by atoms with E-state index in [1.165, 1.54) is 21.8 Å². The molecule has 9 aromatic rings. The topological polar surface area (TPSA) is 57.4 Å². The Kier molecular flexibility index (Phi) is 6.22. The Morgan fingerprint density at radius 3 is 1.62 bits per heavy atom. The van der Waals surface area contributed by atoms with E-state index in [-0.39, 0.29) is 0 Å². The van der Waals surface area contributed by atoms with Crippen LogP contribution in [0.3, 0.4) is 0 Å². The first-order valence-corrected chi connectivity index (χ1v) is 15.9. The zero-order valence-corrected chi connectivity index (χ0v) is 25.8. The molecule has 0 aliphatic heterocycles. The smallest absolute Gasteiger partial charge is 0.0998 e. The van der Waals surface area contributed by atoms with Crippen LogP contribution in [0.5, 0.6) is 0 Å². The summed E-state index contributed by atoms with van der Waals surface area (Å²) in [5.41, 5.74) is 11.5. The Hall–Kier alpha value is -6.88. The van der Waals surface area contributed by atoms with Gasteiger partial charge in [-0.2, -0.15) is 10.5 Å². The number of nitrogens with zero attached hydrogens (tertiary/aromatic N) is 4. The highest BCUT2D eigenvalue weighted by Crippen LogP contribution is 2.39. The van der Waals surface area contributed by atoms with Gasteiger partial charge in [0.1, 0.15) is 0 Å². The monoisotopic (exact) mass is 610 g/mol. The second kappa shape index (κ2) is 10.9. The molecule has 0 fully saturated rings. The lowest BCUT2D eigenvalue weighted by Crippen LogP contribution is -2.00. The minimum atomic E-state index is 0.591. The Balaban J connectivity index is 1.19. The van der Waals surface area contributed by atoms with Crippen LogP contribution in [0.4, 0.5) is 0 Å². The SMILES string of the molecule is N#Cc1ccc2c3ccccc3n(-c3cccc(C#N)c3-c3cccc(-c4ccc(-n5c6ccccc6c6ccccc65)cc4)c3)c2c1. The lowest BCUT2D eigenvalue weighted by atomic mass is 9.94. The molecule has 0 spiro atoms. The predicted octanol–water partition coefficient (Wildman–Crippen LogP) is 11.0. The normalized spacial score (nSPS) is 11.3. The molecule has 0 amide bonds. The molecule has 0 aliphatic carbocycles. The maximum absolute atomic E-state index is 10.4. The van der Waals surface area contributed by atoms with E-state index >= 15 is 0 Å². The van der Waals surface area contributed by atoms with Gasteiger partial charge in [-0.3, -0.25) is 0 Å². The van der Waals surface area contributed by atoms with Gasteiger partial charge in [-0.15, -0.1) is 0 Å². The van der Waals surface area contributed by atoms with Gasteiger partial charge < -0.3 is 9.13 Å². The Labute approximate surface area is 277 Å². The summed E-state index contributed by atoms with van der Waals surface area (Å²) in [6.45, 7) is 0. The van der Waals surface area contributed by atoms with E-state index in [9.17, 15) is 10.5 Å². The Bertz CT molecular complexity index is 2750. The van der Waals surface area contributed by atoms with Crippen LogP contribution in [0.15, 0.2) is 158 Å². The van der Waals surface area contributed by atoms with Crippen LogP contribution in [0.2, 0.25) is 0 Å². The van der Waals surface area contributed by atoms with Gasteiger partial charge in [0, 0.05) is 32.8 Å². The van der Waals surface area contributed by atoms with Crippen molar-refractivity contribution in [3.8, 4) is 45.8 Å². The maximum Gasteiger partial charge on any atom is 0.0998 e. The van der Waals surface area contributed by atoms with Crippen LogP contribution < -0.4 is 0 Å². The van der Waals surface area contributed by atoms with Crippen molar-refractivity contribution >= 4 is 43.6 Å². The molecule has 0 saturated carbocycles. The molecule has 2 heterocycles. The summed E-state index contributed by atoms with van der Waals surface area (Å²) in [7, 11) is 0. The van der Waals surface area contributed by atoms with Crippen molar-refractivity contribution in [3.05, 3.63) is 169 Å². The summed E-state index contributed by atoms with van der Waals surface area (Å²) in [5.74, 6) is 0. The van der Waals surface area contributed by atoms with Gasteiger partial charge in [-0.1, -0.05) is 97.1 Å². The minimum absolute atomic E-state index is 0.591. The second-order valence-electron chi connectivity index (χ2n) is 12.0. The highest BCUT2D eigenvalue weighted by Gasteiger charge is 2.19. The summed E-state index contributed by atoms with van der Waals surface area (Å²) < 4.78 is 4.51. The van der Waals surface area contributed by atoms with Gasteiger partial charge in [0.2, 0.25) is 0 Å². The molecule has 0 saturated heterocycles. The van der Waals surface area contributed by atoms with Crippen molar-refractivity contribution in [2.45, 2.75) is 0 Å². The lowest BCUT2D eigenvalue weighted by molar-refractivity contribution is 1.18. The van der Waals surface area contributed by atoms with Gasteiger partial charge in [-0.25, -0.2) is 0 Å². The summed E-state index contributed by atoms with van der Waals surface area (Å²) in [4.78, 5) is 0. The summed E-state index contributed by atoms with van der Waals surface area (Å²) in [5, 5.41) is 24.8. The number of hydrogen-bond donors (Lipinski definition) is 0. The molecule has 0 radical (unpaired) electrons. The maximum atomic E-state index is 10.4. The molecular formula is C44H26N4. The standard InChI is InChI=1S/C44H26N4/c45-27-29-19-24-38-37-14-3-6-17-41(37)48(43(38)25-29)42-18-8-11-33(28-46)44(42)32-10-7-9-31(26-32)30-20-22-34(23-21-30)47-39-15-4-1-12-35(39)36-13-2-5-16-40(36)47/h1-26H. The van der Waals surface area contributed by atoms with E-state index in [2.05, 4.69) is 137 Å². The number of benzene rings is 7. The van der Waals surface area contributed by atoms with Gasteiger partial charge >= 0.3 is 0 Å². The molecule has 0 bridgehead atoms. The van der Waals surface area contributed by atoms with Crippen molar-refractivity contribution in [3.63, 3.8) is 0 Å². The zero-order chi connectivity index (χ0) is 32.2. The molecule has 4 nitrogen and oxygen atoms in total. The minimum Gasteiger partial charge on any atom is -0.309 e. The fourth-order valence-electron chi connectivity index (χ4n) is 7.28. The largest absolute Gasteiger partial charge is 0.309 e. The van der Waals surface area contributed by atoms with E-state index in [1.54, 1.807) is 0 Å². The van der Waals surface area contributed by atoms with Crippen molar-refractivity contribution in [1.29, 1.82) is 10.5 Å². The number of aromatic nitrogens is 2. The van der Waals surface area contributed by atoms with Crippen LogP contribution >= 0.6 is 0 Å². The van der Waals surface area contributed by atoms with Crippen molar-refractivity contribution in [2.75, 3.05) is 0 Å². The van der Waals surface area contributed by atoms with Gasteiger partial charge in [-0.05, 0) is 77.4 Å². The molecule has 0 N–H and O–H groups in total.